The summed E-state index contributed by atoms with van der Waals surface area (Å²) >= 11 is 0. The Balaban J connectivity index is 1.93. The first-order chi connectivity index (χ1) is 12.5. The van der Waals surface area contributed by atoms with Crippen molar-refractivity contribution in [1.82, 2.24) is 10.2 Å². The summed E-state index contributed by atoms with van der Waals surface area (Å²) in [7, 11) is 3.05. The fraction of sp³-hybridized carbons (Fsp3) is 0.167. The molecule has 3 rings (SSSR count). The lowest BCUT2D eigenvalue weighted by molar-refractivity contribution is -0.115. The molecule has 1 aromatic heterocycles. The summed E-state index contributed by atoms with van der Waals surface area (Å²) < 4.78 is 10.4. The lowest BCUT2D eigenvalue weighted by Crippen LogP contribution is -2.22. The number of carbonyl (C=O) groups excluding carboxylic acids is 1. The van der Waals surface area contributed by atoms with Crippen LogP contribution in [-0.2, 0) is 11.2 Å². The van der Waals surface area contributed by atoms with Crippen molar-refractivity contribution >= 4 is 22.4 Å². The van der Waals surface area contributed by atoms with Crippen molar-refractivity contribution in [2.24, 2.45) is 0 Å². The van der Waals surface area contributed by atoms with Gasteiger partial charge < -0.3 is 14.8 Å². The minimum Gasteiger partial charge on any atom is -0.497 e. The molecule has 0 aliphatic rings. The molecule has 1 amide bonds. The molecule has 134 valence electrons. The van der Waals surface area contributed by atoms with E-state index in [0.29, 0.717) is 17.1 Å². The maximum Gasteiger partial charge on any atom is 0.272 e. The summed E-state index contributed by atoms with van der Waals surface area (Å²) in [6.07, 6.45) is 0.0118. The highest BCUT2D eigenvalue weighted by Crippen LogP contribution is 2.25. The van der Waals surface area contributed by atoms with E-state index in [2.05, 4.69) is 15.5 Å². The maximum absolute atomic E-state index is 12.5. The lowest BCUT2D eigenvalue weighted by atomic mass is 10.1. The highest BCUT2D eigenvalue weighted by molar-refractivity contribution is 6.02. The number of amides is 1. The summed E-state index contributed by atoms with van der Waals surface area (Å²) in [5.41, 5.74) is -0.0299. The molecule has 8 nitrogen and oxygen atoms in total. The fourth-order valence-electron chi connectivity index (χ4n) is 2.72. The Morgan fingerprint density at radius 3 is 2.54 bits per heavy atom. The van der Waals surface area contributed by atoms with Crippen LogP contribution in [0.5, 0.6) is 11.5 Å². The first-order valence-electron chi connectivity index (χ1n) is 7.78. The van der Waals surface area contributed by atoms with Crippen molar-refractivity contribution in [2.75, 3.05) is 19.5 Å². The van der Waals surface area contributed by atoms with Gasteiger partial charge in [-0.05, 0) is 30.3 Å². The van der Waals surface area contributed by atoms with Gasteiger partial charge in [0, 0.05) is 5.56 Å². The minimum atomic E-state index is -0.491. The Morgan fingerprint density at radius 2 is 1.81 bits per heavy atom. The van der Waals surface area contributed by atoms with Gasteiger partial charge in [-0.2, -0.15) is 0 Å². The van der Waals surface area contributed by atoms with Crippen LogP contribution in [0.4, 0.5) is 5.69 Å². The molecule has 0 spiro atoms. The number of H-pyrrole nitrogens is 2. The Labute approximate surface area is 147 Å². The average Bonchev–Trinajstić information content (AvgIpc) is 2.64. The van der Waals surface area contributed by atoms with Crippen molar-refractivity contribution in [1.29, 1.82) is 0 Å². The zero-order valence-electron chi connectivity index (χ0n) is 14.2. The van der Waals surface area contributed by atoms with Crippen LogP contribution in [0.1, 0.15) is 5.56 Å². The van der Waals surface area contributed by atoms with Gasteiger partial charge in [0.05, 0.1) is 37.1 Å². The Hall–Kier alpha value is -3.55. The van der Waals surface area contributed by atoms with Crippen LogP contribution >= 0.6 is 0 Å². The minimum absolute atomic E-state index is 0.0118. The Bertz CT molecular complexity index is 1080. The zero-order valence-corrected chi connectivity index (χ0v) is 14.2. The molecule has 3 aromatic rings. The van der Waals surface area contributed by atoms with Gasteiger partial charge >= 0.3 is 0 Å². The second-order valence-corrected chi connectivity index (χ2v) is 5.54. The normalized spacial score (nSPS) is 10.5. The SMILES string of the molecule is COc1ccc(OC)c(CC(=O)Nc2cccc3c(=O)[nH][nH]c(=O)c23)c1. The summed E-state index contributed by atoms with van der Waals surface area (Å²) in [6.45, 7) is 0. The van der Waals surface area contributed by atoms with Gasteiger partial charge in [-0.1, -0.05) is 6.07 Å². The first kappa shape index (κ1) is 17.3. The van der Waals surface area contributed by atoms with E-state index in [9.17, 15) is 14.4 Å². The Kier molecular flexibility index (Phi) is 4.74. The number of rotatable bonds is 5. The van der Waals surface area contributed by atoms with E-state index in [0.717, 1.165) is 0 Å². The van der Waals surface area contributed by atoms with Gasteiger partial charge in [-0.25, -0.2) is 0 Å². The van der Waals surface area contributed by atoms with Gasteiger partial charge in [-0.15, -0.1) is 0 Å². The second-order valence-electron chi connectivity index (χ2n) is 5.54. The van der Waals surface area contributed by atoms with Gasteiger partial charge in [0.2, 0.25) is 5.91 Å². The maximum atomic E-state index is 12.5. The highest BCUT2D eigenvalue weighted by atomic mass is 16.5. The van der Waals surface area contributed by atoms with Crippen LogP contribution < -0.4 is 25.9 Å². The molecule has 1 heterocycles. The molecule has 0 aliphatic heterocycles. The number of carbonyl (C=O) groups is 1. The third-order valence-electron chi connectivity index (χ3n) is 3.94. The summed E-state index contributed by atoms with van der Waals surface area (Å²) in [5.74, 6) is 0.790. The van der Waals surface area contributed by atoms with Gasteiger partial charge in [-0.3, -0.25) is 24.6 Å². The molecule has 0 saturated carbocycles. The highest BCUT2D eigenvalue weighted by Gasteiger charge is 2.14. The molecular weight excluding hydrogens is 338 g/mol. The number of hydrogen-bond donors (Lipinski definition) is 3. The summed E-state index contributed by atoms with van der Waals surface area (Å²) in [6, 6.07) is 9.83. The van der Waals surface area contributed by atoms with E-state index >= 15 is 0 Å². The van der Waals surface area contributed by atoms with Gasteiger partial charge in [0.1, 0.15) is 11.5 Å². The quantitative estimate of drug-likeness (QED) is 0.640. The van der Waals surface area contributed by atoms with Crippen molar-refractivity contribution < 1.29 is 14.3 Å². The number of anilines is 1. The third-order valence-corrected chi connectivity index (χ3v) is 3.94. The number of hydrogen-bond acceptors (Lipinski definition) is 5. The number of nitrogens with one attached hydrogen (secondary N) is 3. The molecular formula is C18H17N3O5. The largest absolute Gasteiger partial charge is 0.497 e. The number of ether oxygens (including phenoxy) is 2. The van der Waals surface area contributed by atoms with E-state index in [-0.39, 0.29) is 28.8 Å². The number of methoxy groups -OCH3 is 2. The van der Waals surface area contributed by atoms with Crippen LogP contribution in [0.2, 0.25) is 0 Å². The fourth-order valence-corrected chi connectivity index (χ4v) is 2.72. The molecule has 0 bridgehead atoms. The first-order valence-corrected chi connectivity index (χ1v) is 7.78. The number of aromatic amines is 2. The average molecular weight is 355 g/mol. The second kappa shape index (κ2) is 7.14. The van der Waals surface area contributed by atoms with Crippen LogP contribution in [0, 0.1) is 0 Å². The number of aromatic nitrogens is 2. The van der Waals surface area contributed by atoms with Gasteiger partial charge in [0.25, 0.3) is 11.1 Å². The molecule has 0 fully saturated rings. The predicted molar refractivity (Wildman–Crippen MR) is 97.1 cm³/mol. The molecule has 0 atom stereocenters. The van der Waals surface area contributed by atoms with Crippen LogP contribution in [0.3, 0.4) is 0 Å². The molecule has 0 radical (unpaired) electrons. The smallest absolute Gasteiger partial charge is 0.272 e. The van der Waals surface area contributed by atoms with E-state index < -0.39 is 11.1 Å². The molecule has 0 saturated heterocycles. The predicted octanol–water partition coefficient (Wildman–Crippen LogP) is 1.41. The third kappa shape index (κ3) is 3.30. The molecule has 0 aliphatic carbocycles. The van der Waals surface area contributed by atoms with E-state index in [1.807, 2.05) is 0 Å². The zero-order chi connectivity index (χ0) is 18.7. The van der Waals surface area contributed by atoms with Gasteiger partial charge in [0.15, 0.2) is 0 Å². The van der Waals surface area contributed by atoms with Crippen molar-refractivity contribution in [3.63, 3.8) is 0 Å². The van der Waals surface area contributed by atoms with Crippen LogP contribution in [0.15, 0.2) is 46.0 Å². The number of benzene rings is 2. The molecule has 2 aromatic carbocycles. The topological polar surface area (TPSA) is 113 Å². The monoisotopic (exact) mass is 355 g/mol. The summed E-state index contributed by atoms with van der Waals surface area (Å²) in [4.78, 5) is 36.4. The lowest BCUT2D eigenvalue weighted by Gasteiger charge is -2.11. The van der Waals surface area contributed by atoms with E-state index in [4.69, 9.17) is 9.47 Å². The van der Waals surface area contributed by atoms with Crippen molar-refractivity contribution in [3.8, 4) is 11.5 Å². The van der Waals surface area contributed by atoms with Crippen LogP contribution in [-0.4, -0.2) is 30.3 Å². The molecule has 0 unspecified atom stereocenters. The molecule has 3 N–H and O–H groups in total. The molecule has 8 heteroatoms. The van der Waals surface area contributed by atoms with Crippen LogP contribution in [0.25, 0.3) is 10.8 Å². The molecule has 26 heavy (non-hydrogen) atoms. The van der Waals surface area contributed by atoms with Crippen molar-refractivity contribution in [2.45, 2.75) is 6.42 Å². The Morgan fingerprint density at radius 1 is 1.04 bits per heavy atom. The number of fused-ring (bicyclic) bond motifs is 1. The van der Waals surface area contributed by atoms with E-state index in [1.165, 1.54) is 20.3 Å². The summed E-state index contributed by atoms with van der Waals surface area (Å²) in [5, 5.41) is 7.52. The standard InChI is InChI=1S/C18H17N3O5/c1-25-11-6-7-14(26-2)10(8-11)9-15(22)19-13-5-3-4-12-16(13)18(24)21-20-17(12)23/h3-8H,9H2,1-2H3,(H,19,22)(H,20,23)(H,21,24). The van der Waals surface area contributed by atoms with Crippen molar-refractivity contribution in [3.05, 3.63) is 62.7 Å². The van der Waals surface area contributed by atoms with E-state index in [1.54, 1.807) is 30.3 Å².